The molecule has 1 heterocycles. The standard InChI is InChI=1S/C18H25N5O2S/c1-3-15-11-22-17(26-15)7-8-21-18(20-2)23-10-13-5-4-6-14(9-13)25-12-16(19)24/h4-6,9,11H,3,7-8,10,12H2,1-2H3,(H2,19,24)(H2,20,21,23). The smallest absolute Gasteiger partial charge is 0.255 e. The lowest BCUT2D eigenvalue weighted by Crippen LogP contribution is -2.37. The predicted molar refractivity (Wildman–Crippen MR) is 105 cm³/mol. The number of benzene rings is 1. The van der Waals surface area contributed by atoms with Gasteiger partial charge in [0.05, 0.1) is 5.01 Å². The third-order valence-corrected chi connectivity index (χ3v) is 4.75. The van der Waals surface area contributed by atoms with Gasteiger partial charge in [-0.2, -0.15) is 0 Å². The van der Waals surface area contributed by atoms with E-state index < -0.39 is 5.91 Å². The van der Waals surface area contributed by atoms with Gasteiger partial charge in [-0.1, -0.05) is 19.1 Å². The second-order valence-electron chi connectivity index (χ2n) is 5.58. The number of aliphatic imine (C=N–C) groups is 1. The maximum absolute atomic E-state index is 10.8. The lowest BCUT2D eigenvalue weighted by Gasteiger charge is -2.12. The quantitative estimate of drug-likeness (QED) is 0.455. The van der Waals surface area contributed by atoms with Crippen LogP contribution in [-0.4, -0.2) is 37.1 Å². The van der Waals surface area contributed by atoms with Gasteiger partial charge in [0.2, 0.25) is 0 Å². The highest BCUT2D eigenvalue weighted by Gasteiger charge is 2.03. The van der Waals surface area contributed by atoms with Crippen molar-refractivity contribution in [2.75, 3.05) is 20.2 Å². The molecule has 0 saturated heterocycles. The minimum absolute atomic E-state index is 0.128. The number of ether oxygens (including phenoxy) is 1. The molecule has 0 unspecified atom stereocenters. The van der Waals surface area contributed by atoms with Gasteiger partial charge in [0.1, 0.15) is 5.75 Å². The number of guanidine groups is 1. The zero-order chi connectivity index (χ0) is 18.8. The van der Waals surface area contributed by atoms with E-state index in [0.29, 0.717) is 12.3 Å². The molecule has 26 heavy (non-hydrogen) atoms. The topological polar surface area (TPSA) is 102 Å². The summed E-state index contributed by atoms with van der Waals surface area (Å²) in [5.74, 6) is 0.840. The Kier molecular flexibility index (Phi) is 7.88. The van der Waals surface area contributed by atoms with E-state index in [9.17, 15) is 4.79 Å². The number of primary amides is 1. The Bertz CT molecular complexity index is 745. The van der Waals surface area contributed by atoms with E-state index >= 15 is 0 Å². The second-order valence-corrected chi connectivity index (χ2v) is 6.78. The summed E-state index contributed by atoms with van der Waals surface area (Å²) in [5, 5.41) is 7.67. The van der Waals surface area contributed by atoms with Crippen molar-refractivity contribution in [3.8, 4) is 5.75 Å². The fourth-order valence-corrected chi connectivity index (χ4v) is 3.08. The first-order valence-corrected chi connectivity index (χ1v) is 9.30. The highest BCUT2D eigenvalue weighted by Crippen LogP contribution is 2.14. The summed E-state index contributed by atoms with van der Waals surface area (Å²) in [6.45, 7) is 3.36. The van der Waals surface area contributed by atoms with E-state index in [4.69, 9.17) is 10.5 Å². The van der Waals surface area contributed by atoms with Gasteiger partial charge < -0.3 is 21.1 Å². The number of carbonyl (C=O) groups is 1. The van der Waals surface area contributed by atoms with Crippen LogP contribution < -0.4 is 21.1 Å². The van der Waals surface area contributed by atoms with Crippen molar-refractivity contribution in [3.05, 3.63) is 45.9 Å². The van der Waals surface area contributed by atoms with Crippen LogP contribution in [0.15, 0.2) is 35.5 Å². The maximum Gasteiger partial charge on any atom is 0.255 e. The van der Waals surface area contributed by atoms with Crippen LogP contribution >= 0.6 is 11.3 Å². The second kappa shape index (κ2) is 10.4. The van der Waals surface area contributed by atoms with E-state index in [2.05, 4.69) is 27.5 Å². The normalized spacial score (nSPS) is 11.2. The summed E-state index contributed by atoms with van der Waals surface area (Å²) in [5.41, 5.74) is 6.10. The van der Waals surface area contributed by atoms with Gasteiger partial charge in [0, 0.05) is 37.6 Å². The molecule has 0 aliphatic heterocycles. The maximum atomic E-state index is 10.8. The molecular weight excluding hydrogens is 350 g/mol. The molecule has 1 amide bonds. The van der Waals surface area contributed by atoms with Gasteiger partial charge in [0.25, 0.3) is 5.91 Å². The van der Waals surface area contributed by atoms with E-state index in [1.807, 2.05) is 24.4 Å². The fourth-order valence-electron chi connectivity index (χ4n) is 2.22. The summed E-state index contributed by atoms with van der Waals surface area (Å²) >= 11 is 1.75. The van der Waals surface area contributed by atoms with Crippen molar-refractivity contribution in [1.29, 1.82) is 0 Å². The summed E-state index contributed by atoms with van der Waals surface area (Å²) in [4.78, 5) is 20.7. The summed E-state index contributed by atoms with van der Waals surface area (Å²) in [7, 11) is 1.74. The molecule has 1 aromatic heterocycles. The molecule has 8 heteroatoms. The van der Waals surface area contributed by atoms with Gasteiger partial charge in [-0.25, -0.2) is 4.98 Å². The molecule has 7 nitrogen and oxygen atoms in total. The number of nitrogens with one attached hydrogen (secondary N) is 2. The first-order chi connectivity index (χ1) is 12.6. The third kappa shape index (κ3) is 6.72. The molecule has 2 rings (SSSR count). The van der Waals surface area contributed by atoms with Crippen LogP contribution in [0.1, 0.15) is 22.4 Å². The van der Waals surface area contributed by atoms with Gasteiger partial charge in [-0.3, -0.25) is 9.79 Å². The number of thiazole rings is 1. The van der Waals surface area contributed by atoms with Crippen molar-refractivity contribution in [2.45, 2.75) is 26.3 Å². The highest BCUT2D eigenvalue weighted by molar-refractivity contribution is 7.11. The average molecular weight is 375 g/mol. The predicted octanol–water partition coefficient (Wildman–Crippen LogP) is 1.48. The molecule has 0 saturated carbocycles. The van der Waals surface area contributed by atoms with Crippen LogP contribution in [0.25, 0.3) is 0 Å². The number of nitrogens with two attached hydrogens (primary N) is 1. The van der Waals surface area contributed by atoms with E-state index in [-0.39, 0.29) is 6.61 Å². The lowest BCUT2D eigenvalue weighted by atomic mass is 10.2. The van der Waals surface area contributed by atoms with E-state index in [0.717, 1.165) is 35.9 Å². The van der Waals surface area contributed by atoms with Crippen molar-refractivity contribution < 1.29 is 9.53 Å². The average Bonchev–Trinajstić information content (AvgIpc) is 3.11. The molecule has 4 N–H and O–H groups in total. The monoisotopic (exact) mass is 375 g/mol. The van der Waals surface area contributed by atoms with Crippen molar-refractivity contribution in [3.63, 3.8) is 0 Å². The van der Waals surface area contributed by atoms with Crippen LogP contribution in [0.5, 0.6) is 5.75 Å². The van der Waals surface area contributed by atoms with Crippen LogP contribution in [-0.2, 0) is 24.2 Å². The van der Waals surface area contributed by atoms with Crippen LogP contribution in [0.2, 0.25) is 0 Å². The first kappa shape index (κ1) is 19.7. The van der Waals surface area contributed by atoms with Crippen LogP contribution in [0.4, 0.5) is 0 Å². The molecular formula is C18H25N5O2S. The molecule has 0 aliphatic rings. The SMILES string of the molecule is CCc1cnc(CCNC(=NC)NCc2cccc(OCC(N)=O)c2)s1. The highest BCUT2D eigenvalue weighted by atomic mass is 32.1. The number of rotatable bonds is 9. The fraction of sp³-hybridized carbons (Fsp3) is 0.389. The summed E-state index contributed by atoms with van der Waals surface area (Å²) in [6, 6.07) is 7.50. The van der Waals surface area contributed by atoms with Gasteiger partial charge in [0.15, 0.2) is 12.6 Å². The number of hydrogen-bond donors (Lipinski definition) is 3. The zero-order valence-electron chi connectivity index (χ0n) is 15.1. The molecule has 140 valence electrons. The Balaban J connectivity index is 1.77. The van der Waals surface area contributed by atoms with Gasteiger partial charge >= 0.3 is 0 Å². The molecule has 0 aliphatic carbocycles. The van der Waals surface area contributed by atoms with Crippen molar-refractivity contribution >= 4 is 23.2 Å². The number of hydrogen-bond acceptors (Lipinski definition) is 5. The Hall–Kier alpha value is -2.61. The number of aryl methyl sites for hydroxylation is 1. The Morgan fingerprint density at radius 2 is 2.23 bits per heavy atom. The Morgan fingerprint density at radius 1 is 1.38 bits per heavy atom. The minimum atomic E-state index is -0.496. The molecule has 0 bridgehead atoms. The minimum Gasteiger partial charge on any atom is -0.484 e. The third-order valence-electron chi connectivity index (χ3n) is 3.54. The van der Waals surface area contributed by atoms with E-state index in [1.165, 1.54) is 4.88 Å². The molecule has 0 atom stereocenters. The number of carbonyl (C=O) groups excluding carboxylic acids is 1. The molecule has 0 spiro atoms. The Labute approximate surface area is 157 Å². The van der Waals surface area contributed by atoms with E-state index in [1.54, 1.807) is 24.5 Å². The number of amides is 1. The first-order valence-electron chi connectivity index (χ1n) is 8.48. The molecule has 0 fully saturated rings. The molecule has 2 aromatic rings. The summed E-state index contributed by atoms with van der Waals surface area (Å²) in [6.07, 6.45) is 3.83. The largest absolute Gasteiger partial charge is 0.484 e. The number of nitrogens with zero attached hydrogens (tertiary/aromatic N) is 2. The van der Waals surface area contributed by atoms with Crippen molar-refractivity contribution in [1.82, 2.24) is 15.6 Å². The molecule has 0 radical (unpaired) electrons. The lowest BCUT2D eigenvalue weighted by molar-refractivity contribution is -0.119. The van der Waals surface area contributed by atoms with Crippen LogP contribution in [0, 0.1) is 0 Å². The Morgan fingerprint density at radius 3 is 2.92 bits per heavy atom. The van der Waals surface area contributed by atoms with Gasteiger partial charge in [-0.05, 0) is 24.1 Å². The summed E-state index contributed by atoms with van der Waals surface area (Å²) < 4.78 is 5.31. The van der Waals surface area contributed by atoms with Crippen LogP contribution in [0.3, 0.4) is 0 Å². The molecule has 1 aromatic carbocycles. The van der Waals surface area contributed by atoms with Crippen molar-refractivity contribution in [2.24, 2.45) is 10.7 Å². The number of aromatic nitrogens is 1. The zero-order valence-corrected chi connectivity index (χ0v) is 15.9. The van der Waals surface area contributed by atoms with Gasteiger partial charge in [-0.15, -0.1) is 11.3 Å².